The number of piperidine rings is 1. The van der Waals surface area contributed by atoms with Crippen molar-refractivity contribution in [3.63, 3.8) is 0 Å². The molecule has 2 heterocycles. The van der Waals surface area contributed by atoms with Crippen LogP contribution in [-0.4, -0.2) is 41.4 Å². The maximum Gasteiger partial charge on any atom is 0.255 e. The van der Waals surface area contributed by atoms with Gasteiger partial charge in [0.25, 0.3) is 5.91 Å². The van der Waals surface area contributed by atoms with Gasteiger partial charge in [0, 0.05) is 25.1 Å². The van der Waals surface area contributed by atoms with Crippen LogP contribution in [0.1, 0.15) is 30.2 Å². The summed E-state index contributed by atoms with van der Waals surface area (Å²) in [6, 6.07) is 14.9. The first-order valence-electron chi connectivity index (χ1n) is 9.92. The van der Waals surface area contributed by atoms with Gasteiger partial charge in [-0.25, -0.2) is 4.98 Å². The zero-order chi connectivity index (χ0) is 20.9. The number of para-hydroxylation sites is 2. The van der Waals surface area contributed by atoms with Gasteiger partial charge >= 0.3 is 0 Å². The molecule has 0 atom stereocenters. The third-order valence-electron chi connectivity index (χ3n) is 5.15. The van der Waals surface area contributed by atoms with Crippen molar-refractivity contribution in [2.75, 3.05) is 19.7 Å². The Kier molecular flexibility index (Phi) is 5.79. The number of likely N-dealkylation sites (tertiary alicyclic amines) is 1. The highest BCUT2D eigenvalue weighted by Gasteiger charge is 2.26. The molecule has 2 amide bonds. The fourth-order valence-electron chi connectivity index (χ4n) is 3.51. The van der Waals surface area contributed by atoms with Crippen molar-refractivity contribution < 1.29 is 18.7 Å². The van der Waals surface area contributed by atoms with E-state index in [2.05, 4.69) is 4.98 Å². The first-order chi connectivity index (χ1) is 14.6. The lowest BCUT2D eigenvalue weighted by Gasteiger charge is -2.29. The number of carbonyl (C=O) groups excluding carboxylic acids is 2. The van der Waals surface area contributed by atoms with Crippen LogP contribution in [0.4, 0.5) is 0 Å². The fraction of sp³-hybridized carbons (Fsp3) is 0.261. The Morgan fingerprint density at radius 3 is 2.57 bits per heavy atom. The van der Waals surface area contributed by atoms with Crippen LogP contribution in [0.15, 0.2) is 59.0 Å². The summed E-state index contributed by atoms with van der Waals surface area (Å²) in [6.07, 6.45) is 5.02. The van der Waals surface area contributed by atoms with Gasteiger partial charge in [-0.3, -0.25) is 9.59 Å². The minimum Gasteiger partial charge on any atom is -0.484 e. The summed E-state index contributed by atoms with van der Waals surface area (Å²) in [6.45, 7) is 1.19. The first kappa shape index (κ1) is 19.7. The Bertz CT molecular complexity index is 1030. The average Bonchev–Trinajstić information content (AvgIpc) is 3.21. The molecule has 3 aromatic rings. The highest BCUT2D eigenvalue weighted by molar-refractivity contribution is 5.91. The van der Waals surface area contributed by atoms with E-state index in [4.69, 9.17) is 14.9 Å². The molecule has 0 saturated carbocycles. The van der Waals surface area contributed by atoms with E-state index in [0.717, 1.165) is 35.4 Å². The summed E-state index contributed by atoms with van der Waals surface area (Å²) in [7, 11) is 0. The third-order valence-corrected chi connectivity index (χ3v) is 5.15. The molecule has 0 spiro atoms. The van der Waals surface area contributed by atoms with E-state index in [1.165, 1.54) is 0 Å². The number of rotatable bonds is 6. The number of nitrogens with two attached hydrogens (primary N) is 1. The Morgan fingerprint density at radius 2 is 1.87 bits per heavy atom. The summed E-state index contributed by atoms with van der Waals surface area (Å²) in [5.74, 6) is 1.01. The number of hydrogen-bond donors (Lipinski definition) is 1. The van der Waals surface area contributed by atoms with Crippen molar-refractivity contribution in [2.24, 2.45) is 5.73 Å². The predicted molar refractivity (Wildman–Crippen MR) is 113 cm³/mol. The molecule has 0 unspecified atom stereocenters. The molecule has 154 valence electrons. The molecule has 1 saturated heterocycles. The highest BCUT2D eigenvalue weighted by Crippen LogP contribution is 2.30. The van der Waals surface area contributed by atoms with Crippen molar-refractivity contribution in [1.82, 2.24) is 9.88 Å². The summed E-state index contributed by atoms with van der Waals surface area (Å²) in [4.78, 5) is 29.7. The summed E-state index contributed by atoms with van der Waals surface area (Å²) < 4.78 is 11.1. The van der Waals surface area contributed by atoms with Gasteiger partial charge in [0.1, 0.15) is 11.3 Å². The second-order valence-electron chi connectivity index (χ2n) is 7.28. The Balaban J connectivity index is 1.30. The summed E-state index contributed by atoms with van der Waals surface area (Å²) >= 11 is 0. The van der Waals surface area contributed by atoms with E-state index in [0.29, 0.717) is 18.8 Å². The SMILES string of the molecule is NC(=O)COc1ccc(/C=C/C(=O)N2CCC(c3nc4ccccc4o3)CC2)cc1. The number of nitrogens with zero attached hydrogens (tertiary/aromatic N) is 2. The summed E-state index contributed by atoms with van der Waals surface area (Å²) in [5.41, 5.74) is 7.61. The highest BCUT2D eigenvalue weighted by atomic mass is 16.5. The number of oxazole rings is 1. The summed E-state index contributed by atoms with van der Waals surface area (Å²) in [5, 5.41) is 0. The molecule has 7 heteroatoms. The van der Waals surface area contributed by atoms with Crippen LogP contribution < -0.4 is 10.5 Å². The van der Waals surface area contributed by atoms with E-state index < -0.39 is 5.91 Å². The molecule has 1 aliphatic rings. The van der Waals surface area contributed by atoms with Gasteiger partial charge in [0.15, 0.2) is 18.1 Å². The maximum atomic E-state index is 12.5. The number of fused-ring (bicyclic) bond motifs is 1. The maximum absolute atomic E-state index is 12.5. The van der Waals surface area contributed by atoms with Crippen molar-refractivity contribution in [3.8, 4) is 5.75 Å². The fourth-order valence-corrected chi connectivity index (χ4v) is 3.51. The average molecular weight is 405 g/mol. The van der Waals surface area contributed by atoms with Gasteiger partial charge in [-0.1, -0.05) is 24.3 Å². The van der Waals surface area contributed by atoms with Gasteiger partial charge in [-0.2, -0.15) is 0 Å². The standard InChI is InChI=1S/C23H23N3O4/c24-21(27)15-29-18-8-5-16(6-9-18)7-10-22(28)26-13-11-17(12-14-26)23-25-19-3-1-2-4-20(19)30-23/h1-10,17H,11-15H2,(H2,24,27)/b10-7+. The monoisotopic (exact) mass is 405 g/mol. The number of ether oxygens (including phenoxy) is 1. The van der Waals surface area contributed by atoms with Crippen LogP contribution in [0.2, 0.25) is 0 Å². The van der Waals surface area contributed by atoms with Crippen LogP contribution >= 0.6 is 0 Å². The molecule has 2 aromatic carbocycles. The molecule has 30 heavy (non-hydrogen) atoms. The zero-order valence-electron chi connectivity index (χ0n) is 16.5. The number of primary amides is 1. The predicted octanol–water partition coefficient (Wildman–Crippen LogP) is 3.11. The zero-order valence-corrected chi connectivity index (χ0v) is 16.5. The number of aromatic nitrogens is 1. The Hall–Kier alpha value is -3.61. The molecule has 0 bridgehead atoms. The molecule has 7 nitrogen and oxygen atoms in total. The van der Waals surface area contributed by atoms with Gasteiger partial charge in [-0.15, -0.1) is 0 Å². The molecule has 0 aliphatic carbocycles. The molecular formula is C23H23N3O4. The topological polar surface area (TPSA) is 98.7 Å². The molecular weight excluding hydrogens is 382 g/mol. The number of benzene rings is 2. The minimum atomic E-state index is -0.524. The number of amides is 2. The van der Waals surface area contributed by atoms with Crippen LogP contribution in [0, 0.1) is 0 Å². The lowest BCUT2D eigenvalue weighted by molar-refractivity contribution is -0.127. The van der Waals surface area contributed by atoms with Crippen LogP contribution in [0.25, 0.3) is 17.2 Å². The largest absolute Gasteiger partial charge is 0.484 e. The molecule has 4 rings (SSSR count). The van der Waals surface area contributed by atoms with Crippen LogP contribution in [0.3, 0.4) is 0 Å². The van der Waals surface area contributed by atoms with E-state index in [1.807, 2.05) is 41.3 Å². The van der Waals surface area contributed by atoms with Crippen molar-refractivity contribution >= 4 is 29.0 Å². The minimum absolute atomic E-state index is 0.0138. The molecule has 1 aliphatic heterocycles. The van der Waals surface area contributed by atoms with Crippen molar-refractivity contribution in [2.45, 2.75) is 18.8 Å². The normalized spacial score (nSPS) is 15.0. The second kappa shape index (κ2) is 8.82. The third kappa shape index (κ3) is 4.68. The second-order valence-corrected chi connectivity index (χ2v) is 7.28. The van der Waals surface area contributed by atoms with Crippen molar-refractivity contribution in [1.29, 1.82) is 0 Å². The van der Waals surface area contributed by atoms with E-state index in [-0.39, 0.29) is 18.4 Å². The smallest absolute Gasteiger partial charge is 0.255 e. The van der Waals surface area contributed by atoms with Gasteiger partial charge in [0.05, 0.1) is 0 Å². The van der Waals surface area contributed by atoms with Crippen molar-refractivity contribution in [3.05, 3.63) is 66.1 Å². The quantitative estimate of drug-likeness (QED) is 0.636. The number of hydrogen-bond acceptors (Lipinski definition) is 5. The lowest BCUT2D eigenvalue weighted by atomic mass is 9.96. The Morgan fingerprint density at radius 1 is 1.13 bits per heavy atom. The van der Waals surface area contributed by atoms with Crippen LogP contribution in [-0.2, 0) is 9.59 Å². The molecule has 1 aromatic heterocycles. The van der Waals surface area contributed by atoms with E-state index in [9.17, 15) is 9.59 Å². The molecule has 1 fully saturated rings. The van der Waals surface area contributed by atoms with Gasteiger partial charge in [0.2, 0.25) is 5.91 Å². The van der Waals surface area contributed by atoms with Crippen LogP contribution in [0.5, 0.6) is 5.75 Å². The van der Waals surface area contributed by atoms with E-state index in [1.54, 1.807) is 24.3 Å². The van der Waals surface area contributed by atoms with Gasteiger partial charge in [-0.05, 0) is 48.7 Å². The first-order valence-corrected chi connectivity index (χ1v) is 9.92. The van der Waals surface area contributed by atoms with Gasteiger partial charge < -0.3 is 19.8 Å². The van der Waals surface area contributed by atoms with E-state index >= 15 is 0 Å². The number of carbonyl (C=O) groups is 2. The molecule has 2 N–H and O–H groups in total. The lowest BCUT2D eigenvalue weighted by Crippen LogP contribution is -2.36. The molecule has 0 radical (unpaired) electrons. The Labute approximate surface area is 174 Å².